The number of aromatic nitrogens is 6. The standard InChI is InChI=1S/C19H17N7O/c1-25-13-16(11-22-25)15-7-14(8-20-10-15)9-21-19(27)18-12-23-26(24-18)17-5-3-2-4-6-17/h2-8,10-13H,9H2,1H3,(H,21,27). The van der Waals surface area contributed by atoms with Gasteiger partial charge in [0, 0.05) is 43.3 Å². The highest BCUT2D eigenvalue weighted by Crippen LogP contribution is 2.18. The van der Waals surface area contributed by atoms with Gasteiger partial charge in [0.15, 0.2) is 5.69 Å². The lowest BCUT2D eigenvalue weighted by Gasteiger charge is -2.05. The number of aryl methyl sites for hydroxylation is 1. The predicted molar refractivity (Wildman–Crippen MR) is 99.0 cm³/mol. The second-order valence-corrected chi connectivity index (χ2v) is 6.02. The molecule has 0 aliphatic heterocycles. The fourth-order valence-electron chi connectivity index (χ4n) is 2.64. The van der Waals surface area contributed by atoms with E-state index in [-0.39, 0.29) is 11.6 Å². The SMILES string of the molecule is Cn1cc(-c2cncc(CNC(=O)c3cnn(-c4ccccc4)n3)c2)cn1. The zero-order valence-corrected chi connectivity index (χ0v) is 14.6. The van der Waals surface area contributed by atoms with Crippen LogP contribution in [0.15, 0.2) is 67.4 Å². The molecule has 0 fully saturated rings. The van der Waals surface area contributed by atoms with E-state index in [4.69, 9.17) is 0 Å². The minimum absolute atomic E-state index is 0.259. The minimum atomic E-state index is -0.288. The quantitative estimate of drug-likeness (QED) is 0.588. The number of carbonyl (C=O) groups excluding carboxylic acids is 1. The van der Waals surface area contributed by atoms with Crippen LogP contribution in [0.25, 0.3) is 16.8 Å². The minimum Gasteiger partial charge on any atom is -0.346 e. The van der Waals surface area contributed by atoms with E-state index < -0.39 is 0 Å². The number of amides is 1. The van der Waals surface area contributed by atoms with Crippen LogP contribution in [-0.4, -0.2) is 35.7 Å². The van der Waals surface area contributed by atoms with Crippen molar-refractivity contribution in [2.24, 2.45) is 7.05 Å². The Labute approximate surface area is 155 Å². The maximum atomic E-state index is 12.4. The fraction of sp³-hybridized carbons (Fsp3) is 0.105. The molecule has 0 radical (unpaired) electrons. The van der Waals surface area contributed by atoms with Crippen molar-refractivity contribution < 1.29 is 4.79 Å². The summed E-state index contributed by atoms with van der Waals surface area (Å²) < 4.78 is 1.74. The van der Waals surface area contributed by atoms with Gasteiger partial charge in [0.05, 0.1) is 18.1 Å². The topological polar surface area (TPSA) is 90.5 Å². The highest BCUT2D eigenvalue weighted by Gasteiger charge is 2.11. The summed E-state index contributed by atoms with van der Waals surface area (Å²) in [6.45, 7) is 0.345. The lowest BCUT2D eigenvalue weighted by molar-refractivity contribution is 0.0945. The summed E-state index contributed by atoms with van der Waals surface area (Å²) in [6.07, 6.45) is 8.64. The molecule has 0 unspecified atom stereocenters. The maximum absolute atomic E-state index is 12.4. The highest BCUT2D eigenvalue weighted by molar-refractivity contribution is 5.91. The summed E-state index contributed by atoms with van der Waals surface area (Å²) in [5.74, 6) is -0.288. The highest BCUT2D eigenvalue weighted by atomic mass is 16.2. The van der Waals surface area contributed by atoms with Crippen molar-refractivity contribution in [2.75, 3.05) is 0 Å². The Hall–Kier alpha value is -3.81. The Morgan fingerprint density at radius 3 is 2.67 bits per heavy atom. The molecule has 4 rings (SSSR count). The first-order valence-corrected chi connectivity index (χ1v) is 8.38. The van der Waals surface area contributed by atoms with E-state index in [0.29, 0.717) is 6.54 Å². The van der Waals surface area contributed by atoms with Crippen LogP contribution in [0, 0.1) is 0 Å². The van der Waals surface area contributed by atoms with E-state index in [2.05, 4.69) is 25.6 Å². The average Bonchev–Trinajstić information content (AvgIpc) is 3.36. The van der Waals surface area contributed by atoms with Crippen LogP contribution in [0.1, 0.15) is 16.1 Å². The fourth-order valence-corrected chi connectivity index (χ4v) is 2.64. The molecule has 1 N–H and O–H groups in total. The van der Waals surface area contributed by atoms with Gasteiger partial charge < -0.3 is 5.32 Å². The summed E-state index contributed by atoms with van der Waals surface area (Å²) in [5.41, 5.74) is 3.87. The second kappa shape index (κ2) is 7.20. The van der Waals surface area contributed by atoms with Crippen LogP contribution in [0.4, 0.5) is 0 Å². The van der Waals surface area contributed by atoms with E-state index in [0.717, 1.165) is 22.4 Å². The van der Waals surface area contributed by atoms with Crippen LogP contribution in [0.2, 0.25) is 0 Å². The monoisotopic (exact) mass is 359 g/mol. The molecule has 3 aromatic heterocycles. The van der Waals surface area contributed by atoms with Gasteiger partial charge >= 0.3 is 0 Å². The number of para-hydroxylation sites is 1. The molecule has 0 aliphatic carbocycles. The summed E-state index contributed by atoms with van der Waals surface area (Å²) >= 11 is 0. The van der Waals surface area contributed by atoms with Gasteiger partial charge in [-0.3, -0.25) is 14.5 Å². The van der Waals surface area contributed by atoms with Crippen LogP contribution in [-0.2, 0) is 13.6 Å². The number of hydrogen-bond donors (Lipinski definition) is 1. The zero-order chi connectivity index (χ0) is 18.6. The zero-order valence-electron chi connectivity index (χ0n) is 14.6. The lowest BCUT2D eigenvalue weighted by atomic mass is 10.1. The molecule has 3 heterocycles. The summed E-state index contributed by atoms with van der Waals surface area (Å²) in [5, 5.41) is 15.4. The maximum Gasteiger partial charge on any atom is 0.273 e. The summed E-state index contributed by atoms with van der Waals surface area (Å²) in [7, 11) is 1.86. The van der Waals surface area contributed by atoms with E-state index in [1.807, 2.05) is 49.6 Å². The number of carbonyl (C=O) groups is 1. The molecule has 0 atom stereocenters. The number of nitrogens with zero attached hydrogens (tertiary/aromatic N) is 6. The van der Waals surface area contributed by atoms with Gasteiger partial charge in [-0.25, -0.2) is 0 Å². The van der Waals surface area contributed by atoms with Crippen LogP contribution >= 0.6 is 0 Å². The van der Waals surface area contributed by atoms with Crippen molar-refractivity contribution in [3.63, 3.8) is 0 Å². The number of nitrogens with one attached hydrogen (secondary N) is 1. The first kappa shape index (κ1) is 16.6. The third-order valence-electron chi connectivity index (χ3n) is 4.00. The number of rotatable bonds is 5. The molecule has 0 bridgehead atoms. The summed E-state index contributed by atoms with van der Waals surface area (Å²) in [6, 6.07) is 11.4. The van der Waals surface area contributed by atoms with Crippen molar-refractivity contribution >= 4 is 5.91 Å². The molecule has 0 aliphatic rings. The van der Waals surface area contributed by atoms with Crippen LogP contribution in [0.5, 0.6) is 0 Å². The first-order valence-electron chi connectivity index (χ1n) is 8.38. The molecule has 0 saturated heterocycles. The van der Waals surface area contributed by atoms with Crippen molar-refractivity contribution in [1.29, 1.82) is 0 Å². The summed E-state index contributed by atoms with van der Waals surface area (Å²) in [4.78, 5) is 18.0. The van der Waals surface area contributed by atoms with Gasteiger partial charge in [-0.05, 0) is 23.8 Å². The van der Waals surface area contributed by atoms with Crippen molar-refractivity contribution in [3.05, 3.63) is 78.6 Å². The van der Waals surface area contributed by atoms with E-state index >= 15 is 0 Å². The Balaban J connectivity index is 1.43. The number of hydrogen-bond acceptors (Lipinski definition) is 5. The molecule has 1 aromatic carbocycles. The Morgan fingerprint density at radius 2 is 1.89 bits per heavy atom. The lowest BCUT2D eigenvalue weighted by Crippen LogP contribution is -2.23. The average molecular weight is 359 g/mol. The molecule has 8 nitrogen and oxygen atoms in total. The first-order chi connectivity index (χ1) is 13.2. The Kier molecular flexibility index (Phi) is 4.44. The predicted octanol–water partition coefficient (Wildman–Crippen LogP) is 1.99. The van der Waals surface area contributed by atoms with Gasteiger partial charge in [-0.1, -0.05) is 18.2 Å². The van der Waals surface area contributed by atoms with Gasteiger partial charge in [-0.2, -0.15) is 15.0 Å². The number of pyridine rings is 1. The Morgan fingerprint density at radius 1 is 1.04 bits per heavy atom. The number of benzene rings is 1. The third kappa shape index (κ3) is 3.74. The van der Waals surface area contributed by atoms with Crippen molar-refractivity contribution in [2.45, 2.75) is 6.54 Å². The largest absolute Gasteiger partial charge is 0.346 e. The van der Waals surface area contributed by atoms with Crippen LogP contribution < -0.4 is 5.32 Å². The molecule has 27 heavy (non-hydrogen) atoms. The molecular formula is C19H17N7O. The molecule has 4 aromatic rings. The smallest absolute Gasteiger partial charge is 0.273 e. The van der Waals surface area contributed by atoms with E-state index in [1.165, 1.54) is 11.0 Å². The van der Waals surface area contributed by atoms with Gasteiger partial charge in [0.25, 0.3) is 5.91 Å². The Bertz CT molecular complexity index is 1070. The van der Waals surface area contributed by atoms with Gasteiger partial charge in [-0.15, -0.1) is 5.10 Å². The molecule has 0 spiro atoms. The molecular weight excluding hydrogens is 342 g/mol. The third-order valence-corrected chi connectivity index (χ3v) is 4.00. The molecule has 1 amide bonds. The molecule has 134 valence electrons. The second-order valence-electron chi connectivity index (χ2n) is 6.02. The van der Waals surface area contributed by atoms with Gasteiger partial charge in [0.2, 0.25) is 0 Å². The molecule has 0 saturated carbocycles. The normalized spacial score (nSPS) is 10.7. The van der Waals surface area contributed by atoms with Crippen LogP contribution in [0.3, 0.4) is 0 Å². The van der Waals surface area contributed by atoms with E-state index in [1.54, 1.807) is 23.3 Å². The van der Waals surface area contributed by atoms with Crippen molar-refractivity contribution in [3.8, 4) is 16.8 Å². The van der Waals surface area contributed by atoms with Crippen molar-refractivity contribution in [1.82, 2.24) is 35.1 Å². The van der Waals surface area contributed by atoms with Gasteiger partial charge in [0.1, 0.15) is 0 Å². The van der Waals surface area contributed by atoms with E-state index in [9.17, 15) is 4.79 Å². The molecule has 8 heteroatoms.